The minimum atomic E-state index is -1.37. The molecule has 3 aromatic rings. The number of nitrogens with one attached hydrogen (secondary N) is 1. The van der Waals surface area contributed by atoms with E-state index in [1.807, 2.05) is 36.4 Å². The van der Waals surface area contributed by atoms with Crippen LogP contribution in [-0.2, 0) is 22.4 Å². The number of carbonyl (C=O) groups excluding carboxylic acids is 3. The Bertz CT molecular complexity index is 1080. The van der Waals surface area contributed by atoms with Crippen molar-refractivity contribution in [2.75, 3.05) is 4.90 Å². The van der Waals surface area contributed by atoms with E-state index in [1.165, 1.54) is 0 Å². The van der Waals surface area contributed by atoms with Gasteiger partial charge in [-0.1, -0.05) is 0 Å². The van der Waals surface area contributed by atoms with Gasteiger partial charge < -0.3 is 0 Å². The highest BCUT2D eigenvalue weighted by Gasteiger charge is 2.53. The summed E-state index contributed by atoms with van der Waals surface area (Å²) < 4.78 is 0.980. The van der Waals surface area contributed by atoms with E-state index < -0.39 is 23.3 Å². The van der Waals surface area contributed by atoms with Gasteiger partial charge in [-0.15, -0.1) is 0 Å². The van der Waals surface area contributed by atoms with E-state index in [9.17, 15) is 14.4 Å². The van der Waals surface area contributed by atoms with Gasteiger partial charge in [-0.3, -0.25) is 24.9 Å². The van der Waals surface area contributed by atoms with E-state index >= 15 is 0 Å². The molecule has 4 amide bonds. The third kappa shape index (κ3) is 4.55. The lowest BCUT2D eigenvalue weighted by atomic mass is 9.74. The molecule has 0 bridgehead atoms. The van der Waals surface area contributed by atoms with Gasteiger partial charge in [-0.2, -0.15) is 0 Å². The van der Waals surface area contributed by atoms with E-state index in [2.05, 4.69) is 37.9 Å². The molecule has 1 aliphatic rings. The number of nitrogens with zero attached hydrogens (tertiary/aromatic N) is 3. The molecule has 162 valence electrons. The Balaban J connectivity index is 1.69. The average molecular weight is 540 g/mol. The largest absolute Gasteiger partial charge is 0.335 e. The molecular weight excluding hydrogens is 519 g/mol. The zero-order valence-corrected chi connectivity index (χ0v) is 19.4. The smallest absolute Gasteiger partial charge is 0.276 e. The Kier molecular flexibility index (Phi) is 6.59. The first-order valence-corrected chi connectivity index (χ1v) is 11.3. The quantitative estimate of drug-likeness (QED) is 0.363. The molecule has 1 aromatic carbocycles. The first-order chi connectivity index (χ1) is 15.5. The van der Waals surface area contributed by atoms with E-state index in [4.69, 9.17) is 0 Å². The summed E-state index contributed by atoms with van der Waals surface area (Å²) in [7, 11) is 0. The van der Waals surface area contributed by atoms with Crippen LogP contribution < -0.4 is 10.2 Å². The Hall–Kier alpha value is -3.14. The molecular formula is C24H21IN4O3. The number of amides is 4. The summed E-state index contributed by atoms with van der Waals surface area (Å²) in [5.41, 5.74) is 1.02. The van der Waals surface area contributed by atoms with Crippen molar-refractivity contribution in [1.29, 1.82) is 0 Å². The summed E-state index contributed by atoms with van der Waals surface area (Å²) in [6, 6.07) is 13.8. The number of aromatic nitrogens is 2. The van der Waals surface area contributed by atoms with E-state index in [0.29, 0.717) is 18.5 Å². The minimum Gasteiger partial charge on any atom is -0.276 e. The van der Waals surface area contributed by atoms with Crippen LogP contribution in [0.25, 0.3) is 0 Å². The fourth-order valence-corrected chi connectivity index (χ4v) is 4.24. The monoisotopic (exact) mass is 540 g/mol. The summed E-state index contributed by atoms with van der Waals surface area (Å²) in [6.07, 6.45) is 8.31. The van der Waals surface area contributed by atoms with Crippen LogP contribution in [0.4, 0.5) is 10.5 Å². The number of carbonyl (C=O) groups is 3. The summed E-state index contributed by atoms with van der Waals surface area (Å²) >= 11 is 2.16. The Morgan fingerprint density at radius 3 is 1.78 bits per heavy atom. The first kappa shape index (κ1) is 22.1. The van der Waals surface area contributed by atoms with E-state index in [0.717, 1.165) is 19.6 Å². The van der Waals surface area contributed by atoms with Crippen LogP contribution in [0.15, 0.2) is 73.3 Å². The number of hydrogen-bond donors (Lipinski definition) is 1. The van der Waals surface area contributed by atoms with Crippen molar-refractivity contribution in [3.63, 3.8) is 0 Å². The molecule has 7 nitrogen and oxygen atoms in total. The number of rotatable bonds is 7. The average Bonchev–Trinajstić information content (AvgIpc) is 2.81. The molecule has 32 heavy (non-hydrogen) atoms. The van der Waals surface area contributed by atoms with Crippen LogP contribution >= 0.6 is 22.6 Å². The molecule has 0 unspecified atom stereocenters. The second-order valence-electron chi connectivity index (χ2n) is 7.67. The molecule has 8 heteroatoms. The van der Waals surface area contributed by atoms with Crippen molar-refractivity contribution < 1.29 is 14.4 Å². The zero-order valence-electron chi connectivity index (χ0n) is 17.2. The van der Waals surface area contributed by atoms with Gasteiger partial charge in [-0.25, -0.2) is 9.69 Å². The molecule has 0 saturated carbocycles. The van der Waals surface area contributed by atoms with Crippen molar-refractivity contribution in [2.45, 2.75) is 25.7 Å². The Labute approximate surface area is 199 Å². The van der Waals surface area contributed by atoms with Crippen molar-refractivity contribution in [1.82, 2.24) is 15.3 Å². The van der Waals surface area contributed by atoms with Gasteiger partial charge in [-0.05, 0) is 108 Å². The highest BCUT2D eigenvalue weighted by Crippen LogP contribution is 2.37. The second-order valence-corrected chi connectivity index (χ2v) is 8.91. The van der Waals surface area contributed by atoms with Crippen LogP contribution in [0.1, 0.15) is 24.0 Å². The number of halogens is 1. The Morgan fingerprint density at radius 2 is 1.28 bits per heavy atom. The molecule has 1 aliphatic heterocycles. The SMILES string of the molecule is O=C1NC(=O)C(CCc2ccncc2)(CCc2ccncc2)C(=O)N1c1ccc(I)cc1. The molecule has 0 aliphatic carbocycles. The van der Waals surface area contributed by atoms with Gasteiger partial charge in [0, 0.05) is 28.4 Å². The van der Waals surface area contributed by atoms with Crippen LogP contribution in [0.5, 0.6) is 0 Å². The summed E-state index contributed by atoms with van der Waals surface area (Å²) in [5.74, 6) is -1.03. The van der Waals surface area contributed by atoms with Crippen LogP contribution in [0, 0.1) is 8.99 Å². The van der Waals surface area contributed by atoms with Crippen LogP contribution in [0.2, 0.25) is 0 Å². The van der Waals surface area contributed by atoms with E-state index in [-0.39, 0.29) is 12.8 Å². The minimum absolute atomic E-state index is 0.279. The molecule has 0 atom stereocenters. The number of hydrogen-bond acceptors (Lipinski definition) is 5. The molecule has 2 aromatic heterocycles. The Morgan fingerprint density at radius 1 is 0.781 bits per heavy atom. The van der Waals surface area contributed by atoms with Gasteiger partial charge in [0.2, 0.25) is 5.91 Å². The number of pyridine rings is 2. The predicted molar refractivity (Wildman–Crippen MR) is 128 cm³/mol. The van der Waals surface area contributed by atoms with Gasteiger partial charge in [0.1, 0.15) is 5.41 Å². The summed E-state index contributed by atoms with van der Waals surface area (Å²) in [5, 5.41) is 2.44. The van der Waals surface area contributed by atoms with Gasteiger partial charge in [0.25, 0.3) is 5.91 Å². The molecule has 1 fully saturated rings. The third-order valence-corrected chi connectivity index (χ3v) is 6.45. The molecule has 4 rings (SSSR count). The lowest BCUT2D eigenvalue weighted by molar-refractivity contribution is -0.143. The summed E-state index contributed by atoms with van der Waals surface area (Å²) in [4.78, 5) is 48.9. The fraction of sp³-hybridized carbons (Fsp3) is 0.208. The maximum Gasteiger partial charge on any atom is 0.335 e. The third-order valence-electron chi connectivity index (χ3n) is 5.74. The van der Waals surface area contributed by atoms with Crippen LogP contribution in [-0.4, -0.2) is 27.8 Å². The van der Waals surface area contributed by atoms with Gasteiger partial charge in [0.15, 0.2) is 0 Å². The standard InChI is InChI=1S/C24H21IN4O3/c25-19-1-3-20(4-2-19)29-22(31)24(21(30)28-23(29)32,11-5-17-7-13-26-14-8-17)12-6-18-9-15-27-16-10-18/h1-4,7-10,13-16H,5-6,11-12H2,(H,28,30,32). The zero-order chi connectivity index (χ0) is 22.6. The predicted octanol–water partition coefficient (Wildman–Crippen LogP) is 3.92. The lowest BCUT2D eigenvalue weighted by Crippen LogP contribution is -2.64. The first-order valence-electron chi connectivity index (χ1n) is 10.2. The highest BCUT2D eigenvalue weighted by atomic mass is 127. The van der Waals surface area contributed by atoms with Crippen LogP contribution in [0.3, 0.4) is 0 Å². The molecule has 0 spiro atoms. The second kappa shape index (κ2) is 9.56. The molecule has 0 radical (unpaired) electrons. The molecule has 1 saturated heterocycles. The molecule has 1 N–H and O–H groups in total. The highest BCUT2D eigenvalue weighted by molar-refractivity contribution is 14.1. The number of aryl methyl sites for hydroxylation is 2. The van der Waals surface area contributed by atoms with Gasteiger partial charge in [0.05, 0.1) is 5.69 Å². The number of urea groups is 1. The van der Waals surface area contributed by atoms with Crippen molar-refractivity contribution in [2.24, 2.45) is 5.41 Å². The summed E-state index contributed by atoms with van der Waals surface area (Å²) in [6.45, 7) is 0. The lowest BCUT2D eigenvalue weighted by Gasteiger charge is -2.39. The normalized spacial score (nSPS) is 15.5. The van der Waals surface area contributed by atoms with Crippen molar-refractivity contribution in [3.05, 3.63) is 88.0 Å². The van der Waals surface area contributed by atoms with E-state index in [1.54, 1.807) is 36.9 Å². The fourth-order valence-electron chi connectivity index (χ4n) is 3.88. The number of imide groups is 2. The van der Waals surface area contributed by atoms with Crippen molar-refractivity contribution >= 4 is 46.1 Å². The van der Waals surface area contributed by atoms with Gasteiger partial charge >= 0.3 is 6.03 Å². The molecule has 3 heterocycles. The maximum atomic E-state index is 13.8. The number of anilines is 1. The maximum absolute atomic E-state index is 13.8. The number of benzene rings is 1. The number of barbiturate groups is 1. The van der Waals surface area contributed by atoms with Crippen molar-refractivity contribution in [3.8, 4) is 0 Å². The topological polar surface area (TPSA) is 92.3 Å².